The van der Waals surface area contributed by atoms with E-state index in [0.29, 0.717) is 6.54 Å². The summed E-state index contributed by atoms with van der Waals surface area (Å²) in [5.41, 5.74) is 5.27. The van der Waals surface area contributed by atoms with Gasteiger partial charge >= 0.3 is 0 Å². The smallest absolute Gasteiger partial charge is 0.117 e. The van der Waals surface area contributed by atoms with Gasteiger partial charge in [-0.1, -0.05) is 20.8 Å². The van der Waals surface area contributed by atoms with Gasteiger partial charge in [-0.2, -0.15) is 0 Å². The van der Waals surface area contributed by atoms with E-state index in [4.69, 9.17) is 10.2 Å². The lowest BCUT2D eigenvalue weighted by molar-refractivity contribution is 0.485. The van der Waals surface area contributed by atoms with E-state index in [2.05, 4.69) is 20.8 Å². The Hall–Kier alpha value is -0.760. The molecule has 2 heteroatoms. The lowest BCUT2D eigenvalue weighted by atomic mass is 10.3. The van der Waals surface area contributed by atoms with Gasteiger partial charge in [-0.3, -0.25) is 0 Å². The predicted molar refractivity (Wildman–Crippen MR) is 51.8 cm³/mol. The van der Waals surface area contributed by atoms with Gasteiger partial charge in [0.15, 0.2) is 0 Å². The average molecular weight is 169 g/mol. The standard InChI is InChI=1S/C6H9NO.C4H10/c1-5-2-3-6(4-7)8-5;1-4(2)3/h2-3H,4,7H2,1H3;4H,1-3H3. The molecule has 0 radical (unpaired) electrons. The molecule has 1 heterocycles. The summed E-state index contributed by atoms with van der Waals surface area (Å²) in [4.78, 5) is 0. The molecule has 0 fully saturated rings. The lowest BCUT2D eigenvalue weighted by Crippen LogP contribution is -1.92. The van der Waals surface area contributed by atoms with Crippen LogP contribution in [0.25, 0.3) is 0 Å². The van der Waals surface area contributed by atoms with Crippen molar-refractivity contribution in [3.8, 4) is 0 Å². The zero-order valence-electron chi connectivity index (χ0n) is 8.42. The largest absolute Gasteiger partial charge is 0.465 e. The third kappa shape index (κ3) is 5.98. The Morgan fingerprint density at radius 2 is 1.83 bits per heavy atom. The van der Waals surface area contributed by atoms with Crippen LogP contribution in [-0.4, -0.2) is 0 Å². The maximum absolute atomic E-state index is 5.27. The van der Waals surface area contributed by atoms with Crippen molar-refractivity contribution in [2.45, 2.75) is 34.2 Å². The zero-order valence-corrected chi connectivity index (χ0v) is 8.42. The molecule has 70 valence electrons. The van der Waals surface area contributed by atoms with Crippen LogP contribution in [0, 0.1) is 12.8 Å². The second-order valence-electron chi connectivity index (χ2n) is 3.45. The molecule has 12 heavy (non-hydrogen) atoms. The second kappa shape index (κ2) is 5.84. The molecule has 1 aromatic rings. The number of nitrogens with two attached hydrogens (primary N) is 1. The van der Waals surface area contributed by atoms with Gasteiger partial charge in [0.2, 0.25) is 0 Å². The van der Waals surface area contributed by atoms with Crippen LogP contribution in [0.4, 0.5) is 0 Å². The summed E-state index contributed by atoms with van der Waals surface area (Å²) in [6.07, 6.45) is 0. The van der Waals surface area contributed by atoms with E-state index in [1.54, 1.807) is 0 Å². The normalized spacial score (nSPS) is 9.50. The predicted octanol–water partition coefficient (Wildman–Crippen LogP) is 2.71. The summed E-state index contributed by atoms with van der Waals surface area (Å²) in [5, 5.41) is 0. The number of rotatable bonds is 1. The summed E-state index contributed by atoms with van der Waals surface area (Å²) in [6.45, 7) is 8.90. The molecular formula is C10H19NO. The maximum Gasteiger partial charge on any atom is 0.117 e. The second-order valence-corrected chi connectivity index (χ2v) is 3.45. The van der Waals surface area contributed by atoms with Gasteiger partial charge in [0.1, 0.15) is 11.5 Å². The third-order valence-electron chi connectivity index (χ3n) is 0.997. The monoisotopic (exact) mass is 169 g/mol. The molecule has 0 aliphatic carbocycles. The Morgan fingerprint density at radius 3 is 2.00 bits per heavy atom. The SMILES string of the molecule is CC(C)C.Cc1ccc(CN)o1. The molecule has 0 saturated heterocycles. The van der Waals surface area contributed by atoms with Gasteiger partial charge in [0.25, 0.3) is 0 Å². The minimum atomic E-state index is 0.494. The first-order valence-corrected chi connectivity index (χ1v) is 4.31. The van der Waals surface area contributed by atoms with Crippen molar-refractivity contribution >= 4 is 0 Å². The Bertz CT molecular complexity index is 201. The van der Waals surface area contributed by atoms with Crippen LogP contribution in [0.1, 0.15) is 32.3 Å². The van der Waals surface area contributed by atoms with E-state index in [1.807, 2.05) is 19.1 Å². The van der Waals surface area contributed by atoms with Crippen molar-refractivity contribution in [3.63, 3.8) is 0 Å². The Balaban J connectivity index is 0.000000261. The highest BCUT2D eigenvalue weighted by Gasteiger charge is 1.91. The molecule has 0 saturated carbocycles. The van der Waals surface area contributed by atoms with Crippen molar-refractivity contribution in [1.82, 2.24) is 0 Å². The van der Waals surface area contributed by atoms with Crippen LogP contribution < -0.4 is 5.73 Å². The number of hydrogen-bond donors (Lipinski definition) is 1. The molecule has 1 rings (SSSR count). The van der Waals surface area contributed by atoms with Crippen LogP contribution in [-0.2, 0) is 6.54 Å². The van der Waals surface area contributed by atoms with Crippen LogP contribution >= 0.6 is 0 Å². The highest BCUT2D eigenvalue weighted by molar-refractivity contribution is 5.04. The minimum absolute atomic E-state index is 0.494. The summed E-state index contributed by atoms with van der Waals surface area (Å²) < 4.78 is 5.11. The summed E-state index contributed by atoms with van der Waals surface area (Å²) >= 11 is 0. The number of aryl methyl sites for hydroxylation is 1. The summed E-state index contributed by atoms with van der Waals surface area (Å²) in [6, 6.07) is 3.79. The molecule has 0 atom stereocenters. The van der Waals surface area contributed by atoms with E-state index in [-0.39, 0.29) is 0 Å². The molecule has 0 aliphatic rings. The van der Waals surface area contributed by atoms with Crippen LogP contribution in [0.3, 0.4) is 0 Å². The Morgan fingerprint density at radius 1 is 1.33 bits per heavy atom. The average Bonchev–Trinajstić information content (AvgIpc) is 2.34. The lowest BCUT2D eigenvalue weighted by Gasteiger charge is -1.83. The maximum atomic E-state index is 5.27. The quantitative estimate of drug-likeness (QED) is 0.702. The molecule has 2 N–H and O–H groups in total. The van der Waals surface area contributed by atoms with E-state index in [9.17, 15) is 0 Å². The van der Waals surface area contributed by atoms with Crippen LogP contribution in [0.5, 0.6) is 0 Å². The van der Waals surface area contributed by atoms with Gasteiger partial charge in [-0.05, 0) is 25.0 Å². The summed E-state index contributed by atoms with van der Waals surface area (Å²) in [7, 11) is 0. The zero-order chi connectivity index (χ0) is 9.56. The first-order valence-electron chi connectivity index (χ1n) is 4.31. The fraction of sp³-hybridized carbons (Fsp3) is 0.600. The number of hydrogen-bond acceptors (Lipinski definition) is 2. The molecular weight excluding hydrogens is 150 g/mol. The van der Waals surface area contributed by atoms with Gasteiger partial charge in [-0.15, -0.1) is 0 Å². The number of furan rings is 1. The Labute approximate surface area is 74.8 Å². The molecule has 0 amide bonds. The van der Waals surface area contributed by atoms with Crippen LogP contribution in [0.15, 0.2) is 16.5 Å². The van der Waals surface area contributed by atoms with E-state index in [1.165, 1.54) is 0 Å². The van der Waals surface area contributed by atoms with Crippen molar-refractivity contribution in [3.05, 3.63) is 23.7 Å². The highest BCUT2D eigenvalue weighted by Crippen LogP contribution is 2.03. The van der Waals surface area contributed by atoms with E-state index < -0.39 is 0 Å². The molecule has 1 aromatic heterocycles. The molecule has 0 bridgehead atoms. The van der Waals surface area contributed by atoms with E-state index in [0.717, 1.165) is 17.4 Å². The van der Waals surface area contributed by atoms with E-state index >= 15 is 0 Å². The van der Waals surface area contributed by atoms with Gasteiger partial charge in [0.05, 0.1) is 6.54 Å². The fourth-order valence-corrected chi connectivity index (χ4v) is 0.595. The molecule has 0 spiro atoms. The molecule has 0 aliphatic heterocycles. The van der Waals surface area contributed by atoms with Gasteiger partial charge in [-0.25, -0.2) is 0 Å². The topological polar surface area (TPSA) is 39.2 Å². The first-order chi connectivity index (χ1) is 5.56. The fourth-order valence-electron chi connectivity index (χ4n) is 0.595. The van der Waals surface area contributed by atoms with Gasteiger partial charge in [0, 0.05) is 0 Å². The first kappa shape index (κ1) is 11.2. The highest BCUT2D eigenvalue weighted by atomic mass is 16.3. The Kier molecular flexibility index (Phi) is 5.47. The van der Waals surface area contributed by atoms with Crippen LogP contribution in [0.2, 0.25) is 0 Å². The molecule has 0 unspecified atom stereocenters. The van der Waals surface area contributed by atoms with Crippen molar-refractivity contribution in [2.75, 3.05) is 0 Å². The summed E-state index contributed by atoms with van der Waals surface area (Å²) in [5.74, 6) is 2.60. The third-order valence-corrected chi connectivity index (χ3v) is 0.997. The van der Waals surface area contributed by atoms with Gasteiger partial charge < -0.3 is 10.2 Å². The van der Waals surface area contributed by atoms with Crippen molar-refractivity contribution in [1.29, 1.82) is 0 Å². The minimum Gasteiger partial charge on any atom is -0.465 e. The van der Waals surface area contributed by atoms with Crippen molar-refractivity contribution in [2.24, 2.45) is 11.7 Å². The molecule has 2 nitrogen and oxygen atoms in total. The van der Waals surface area contributed by atoms with Crippen molar-refractivity contribution < 1.29 is 4.42 Å². The molecule has 0 aromatic carbocycles.